The maximum Gasteiger partial charge on any atom is 0.0686 e. The molecule has 0 fully saturated rings. The van der Waals surface area contributed by atoms with E-state index in [1.807, 2.05) is 22.6 Å². The molecule has 1 unspecified atom stereocenters. The van der Waals surface area contributed by atoms with Crippen molar-refractivity contribution in [1.82, 2.24) is 0 Å². The summed E-state index contributed by atoms with van der Waals surface area (Å²) in [5.41, 5.74) is 0. The van der Waals surface area contributed by atoms with Gasteiger partial charge in [0.1, 0.15) is 0 Å². The van der Waals surface area contributed by atoms with Crippen LogP contribution in [-0.4, -0.2) is 13.2 Å². The molecule has 0 rings (SSSR count). The standard InChI is InChI=1S/CHClISi/c2-1(3)4/h1H. The highest BCUT2D eigenvalue weighted by atomic mass is 127. The van der Waals surface area contributed by atoms with Crippen LogP contribution in [0, 0.1) is 0 Å². The van der Waals surface area contributed by atoms with Crippen LogP contribution in [-0.2, 0) is 0 Å². The van der Waals surface area contributed by atoms with Gasteiger partial charge < -0.3 is 0 Å². The molecule has 23 valence electrons. The molecule has 0 aliphatic rings. The molecule has 0 aromatic rings. The molecule has 0 saturated carbocycles. The maximum absolute atomic E-state index is 5.17. The van der Waals surface area contributed by atoms with Crippen LogP contribution in [0.3, 0.4) is 0 Å². The first-order chi connectivity index (χ1) is 1.73. The molecule has 0 heterocycles. The Hall–Kier alpha value is 1.24. The summed E-state index contributed by atoms with van der Waals surface area (Å²) in [4.78, 5) is 0. The van der Waals surface area contributed by atoms with Gasteiger partial charge in [-0.3, -0.25) is 0 Å². The Morgan fingerprint density at radius 3 is 2.00 bits per heavy atom. The molecule has 4 heavy (non-hydrogen) atoms. The predicted octanol–water partition coefficient (Wildman–Crippen LogP) is 1.11. The Morgan fingerprint density at radius 1 is 2.00 bits per heavy atom. The van der Waals surface area contributed by atoms with Crippen molar-refractivity contribution in [3.05, 3.63) is 0 Å². The van der Waals surface area contributed by atoms with Crippen molar-refractivity contribution in [2.45, 2.75) is 3.01 Å². The molecule has 0 nitrogen and oxygen atoms in total. The number of hydrogen-bond acceptors (Lipinski definition) is 0. The highest BCUT2D eigenvalue weighted by molar-refractivity contribution is 14.1. The molecule has 1 atom stereocenters. The number of halogens is 2. The van der Waals surface area contributed by atoms with E-state index in [4.69, 9.17) is 11.6 Å². The van der Waals surface area contributed by atoms with Crippen LogP contribution in [0.2, 0.25) is 0 Å². The lowest BCUT2D eigenvalue weighted by Gasteiger charge is -1.72. The van der Waals surface area contributed by atoms with E-state index >= 15 is 0 Å². The third-order valence-corrected chi connectivity index (χ3v) is 0. The second-order valence-corrected chi connectivity index (χ2v) is 4.84. The monoisotopic (exact) mass is 203 g/mol. The van der Waals surface area contributed by atoms with Crippen LogP contribution in [0.15, 0.2) is 0 Å². The zero-order valence-electron chi connectivity index (χ0n) is 1.83. The van der Waals surface area contributed by atoms with Gasteiger partial charge in [0, 0.05) is 0 Å². The fourth-order valence-electron chi connectivity index (χ4n) is 0. The van der Waals surface area contributed by atoms with Gasteiger partial charge in [0.25, 0.3) is 0 Å². The highest BCUT2D eigenvalue weighted by Gasteiger charge is 1.75. The smallest absolute Gasteiger partial charge is 0.0686 e. The molecular formula is CHClISi. The summed E-state index contributed by atoms with van der Waals surface area (Å²) in [7, 11) is 3.06. The molecule has 3 heteroatoms. The Labute approximate surface area is 47.5 Å². The number of hydrogen-bond donors (Lipinski definition) is 0. The van der Waals surface area contributed by atoms with Crippen molar-refractivity contribution in [3.8, 4) is 0 Å². The fourth-order valence-corrected chi connectivity index (χ4v) is 0. The van der Waals surface area contributed by atoms with E-state index in [0.717, 1.165) is 0 Å². The lowest BCUT2D eigenvalue weighted by Crippen LogP contribution is -1.74. The first kappa shape index (κ1) is 5.24. The van der Waals surface area contributed by atoms with Crippen LogP contribution in [0.25, 0.3) is 0 Å². The summed E-state index contributed by atoms with van der Waals surface area (Å²) in [5, 5.41) is 0. The van der Waals surface area contributed by atoms with Gasteiger partial charge in [0.15, 0.2) is 0 Å². The molecule has 0 spiro atoms. The third kappa shape index (κ3) is 10.6. The molecule has 0 aromatic heterocycles. The summed E-state index contributed by atoms with van der Waals surface area (Å²) >= 11 is 7.20. The SMILES string of the molecule is [Si]C(Cl)I. The quantitative estimate of drug-likeness (QED) is 0.314. The second-order valence-electron chi connectivity index (χ2n) is 0.301. The van der Waals surface area contributed by atoms with Crippen molar-refractivity contribution in [2.75, 3.05) is 0 Å². The maximum atomic E-state index is 5.17. The van der Waals surface area contributed by atoms with E-state index < -0.39 is 0 Å². The van der Waals surface area contributed by atoms with E-state index in [1.165, 1.54) is 0 Å². The Kier molecular flexibility index (Phi) is 3.24. The molecule has 0 amide bonds. The van der Waals surface area contributed by atoms with Crippen molar-refractivity contribution in [2.24, 2.45) is 0 Å². The van der Waals surface area contributed by atoms with E-state index in [1.54, 1.807) is 0 Å². The van der Waals surface area contributed by atoms with Crippen LogP contribution >= 0.6 is 34.2 Å². The summed E-state index contributed by atoms with van der Waals surface area (Å²) in [6.45, 7) is 0. The van der Waals surface area contributed by atoms with E-state index in [2.05, 4.69) is 10.2 Å². The fraction of sp³-hybridized carbons (Fsp3) is 1.00. The minimum atomic E-state index is 0.0811. The predicted molar refractivity (Wildman–Crippen MR) is 29.4 cm³/mol. The van der Waals surface area contributed by atoms with Crippen molar-refractivity contribution < 1.29 is 0 Å². The first-order valence-corrected chi connectivity index (χ1v) is 2.98. The van der Waals surface area contributed by atoms with Gasteiger partial charge in [-0.1, -0.05) is 22.6 Å². The van der Waals surface area contributed by atoms with Gasteiger partial charge in [0.05, 0.1) is 13.2 Å². The second kappa shape index (κ2) is 2.47. The average Bonchev–Trinajstić information content (AvgIpc) is 0.811. The molecule has 0 aromatic carbocycles. The van der Waals surface area contributed by atoms with Gasteiger partial charge >= 0.3 is 0 Å². The molecule has 0 bridgehead atoms. The van der Waals surface area contributed by atoms with Crippen molar-refractivity contribution in [1.29, 1.82) is 0 Å². The number of alkyl halides is 2. The molecule has 0 saturated heterocycles. The summed E-state index contributed by atoms with van der Waals surface area (Å²) in [6, 6.07) is 0. The molecule has 0 N–H and O–H groups in total. The van der Waals surface area contributed by atoms with E-state index in [0.29, 0.717) is 0 Å². The molecule has 3 radical (unpaired) electrons. The Bertz CT molecular complexity index is 12.8. The van der Waals surface area contributed by atoms with Crippen molar-refractivity contribution >= 4 is 44.4 Å². The van der Waals surface area contributed by atoms with Crippen molar-refractivity contribution in [3.63, 3.8) is 0 Å². The molecule has 0 aliphatic carbocycles. The Morgan fingerprint density at radius 2 is 2.00 bits per heavy atom. The minimum absolute atomic E-state index is 0.0811. The normalized spacial score (nSPS) is 15.8. The summed E-state index contributed by atoms with van der Waals surface area (Å²) in [6.07, 6.45) is 0. The highest BCUT2D eigenvalue weighted by Crippen LogP contribution is 1.95. The van der Waals surface area contributed by atoms with Gasteiger partial charge in [-0.15, -0.1) is 11.6 Å². The minimum Gasteiger partial charge on any atom is -0.116 e. The molecule has 0 aliphatic heterocycles. The van der Waals surface area contributed by atoms with E-state index in [9.17, 15) is 0 Å². The van der Waals surface area contributed by atoms with E-state index in [-0.39, 0.29) is 3.01 Å². The topological polar surface area (TPSA) is 0 Å². The van der Waals surface area contributed by atoms with Crippen LogP contribution in [0.4, 0.5) is 0 Å². The zero-order valence-corrected chi connectivity index (χ0v) is 5.75. The van der Waals surface area contributed by atoms with Crippen LogP contribution < -0.4 is 0 Å². The van der Waals surface area contributed by atoms with Crippen LogP contribution in [0.1, 0.15) is 0 Å². The van der Waals surface area contributed by atoms with Gasteiger partial charge in [-0.2, -0.15) is 0 Å². The zero-order chi connectivity index (χ0) is 3.58. The third-order valence-electron chi connectivity index (χ3n) is 0. The first-order valence-electron chi connectivity index (χ1n) is 0.725. The van der Waals surface area contributed by atoms with Gasteiger partial charge in [-0.05, 0) is 0 Å². The average molecular weight is 203 g/mol. The molecular weight excluding hydrogens is 202 g/mol. The lowest BCUT2D eigenvalue weighted by atomic mass is 11.9. The van der Waals surface area contributed by atoms with Gasteiger partial charge in [-0.25, -0.2) is 0 Å². The van der Waals surface area contributed by atoms with Gasteiger partial charge in [0.2, 0.25) is 0 Å². The largest absolute Gasteiger partial charge is 0.116 e. The Balaban J connectivity index is 2.32. The van der Waals surface area contributed by atoms with Crippen LogP contribution in [0.5, 0.6) is 0 Å². The lowest BCUT2D eigenvalue weighted by molar-refractivity contribution is 2.11. The number of rotatable bonds is 0. The summed E-state index contributed by atoms with van der Waals surface area (Å²) < 4.78 is 0.0811. The summed E-state index contributed by atoms with van der Waals surface area (Å²) in [5.74, 6) is 0.